The Morgan fingerprint density at radius 3 is 2.26 bits per heavy atom. The number of carbonyl (C=O) groups is 2. The average Bonchev–Trinajstić information content (AvgIpc) is 2.68. The molecule has 0 spiro atoms. The van der Waals surface area contributed by atoms with Gasteiger partial charge in [-0.3, -0.25) is 9.59 Å². The summed E-state index contributed by atoms with van der Waals surface area (Å²) in [7, 11) is 0. The third-order valence-electron chi connectivity index (χ3n) is 4.84. The van der Waals surface area contributed by atoms with E-state index in [-0.39, 0.29) is 30.1 Å². The molecule has 1 saturated heterocycles. The van der Waals surface area contributed by atoms with Crippen LogP contribution in [0.2, 0.25) is 0 Å². The van der Waals surface area contributed by atoms with Crippen molar-refractivity contribution in [3.8, 4) is 0 Å². The highest BCUT2D eigenvalue weighted by Crippen LogP contribution is 2.30. The van der Waals surface area contributed by atoms with Gasteiger partial charge in [0.15, 0.2) is 0 Å². The van der Waals surface area contributed by atoms with Crippen LogP contribution in [0.4, 0.5) is 11.4 Å². The van der Waals surface area contributed by atoms with Crippen molar-refractivity contribution in [2.24, 2.45) is 17.4 Å². The zero-order valence-corrected chi connectivity index (χ0v) is 15.9. The number of nitrogens with two attached hydrogens (primary N) is 2. The van der Waals surface area contributed by atoms with Crippen LogP contribution >= 0.6 is 12.4 Å². The van der Waals surface area contributed by atoms with Crippen molar-refractivity contribution in [3.63, 3.8) is 0 Å². The number of primary amides is 1. The van der Waals surface area contributed by atoms with Crippen LogP contribution in [0.25, 0.3) is 0 Å². The molecule has 1 aliphatic rings. The Morgan fingerprint density at radius 1 is 1.04 bits per heavy atom. The van der Waals surface area contributed by atoms with Crippen molar-refractivity contribution < 1.29 is 9.59 Å². The maximum atomic E-state index is 12.6. The standard InChI is InChI=1S/C20H24N4O2.ClH/c21-13-14-5-7-16(8-6-14)20(26)23-17-3-1-2-4-18(17)24-11-9-15(10-12-24)19(22)25;/h1-8,15H,9-13,21H2,(H2,22,25)(H,23,26);1H. The van der Waals surface area contributed by atoms with Gasteiger partial charge in [-0.2, -0.15) is 0 Å². The van der Waals surface area contributed by atoms with E-state index < -0.39 is 0 Å². The lowest BCUT2D eigenvalue weighted by atomic mass is 9.96. The number of nitrogens with one attached hydrogen (secondary N) is 1. The summed E-state index contributed by atoms with van der Waals surface area (Å²) in [6, 6.07) is 15.0. The summed E-state index contributed by atoms with van der Waals surface area (Å²) in [5, 5.41) is 2.99. The quantitative estimate of drug-likeness (QED) is 0.732. The summed E-state index contributed by atoms with van der Waals surface area (Å²) in [6.45, 7) is 1.93. The molecule has 0 bridgehead atoms. The van der Waals surface area contributed by atoms with E-state index in [0.29, 0.717) is 12.1 Å². The minimum atomic E-state index is -0.229. The number of benzene rings is 2. The van der Waals surface area contributed by atoms with Crippen molar-refractivity contribution in [2.75, 3.05) is 23.3 Å². The van der Waals surface area contributed by atoms with Crippen molar-refractivity contribution >= 4 is 35.6 Å². The zero-order chi connectivity index (χ0) is 18.5. The molecule has 1 heterocycles. The molecule has 0 unspecified atom stereocenters. The van der Waals surface area contributed by atoms with Crippen LogP contribution in [-0.2, 0) is 11.3 Å². The zero-order valence-electron chi connectivity index (χ0n) is 15.1. The van der Waals surface area contributed by atoms with E-state index in [0.717, 1.165) is 42.9 Å². The number of amides is 2. The van der Waals surface area contributed by atoms with Crippen LogP contribution in [-0.4, -0.2) is 24.9 Å². The van der Waals surface area contributed by atoms with E-state index >= 15 is 0 Å². The molecular weight excluding hydrogens is 364 g/mol. The Morgan fingerprint density at radius 2 is 1.67 bits per heavy atom. The van der Waals surface area contributed by atoms with Gasteiger partial charge < -0.3 is 21.7 Å². The first-order chi connectivity index (χ1) is 12.6. The number of hydrogen-bond acceptors (Lipinski definition) is 4. The first kappa shape index (κ1) is 20.7. The Balaban J connectivity index is 0.00000261. The number of piperidine rings is 1. The molecule has 7 heteroatoms. The van der Waals surface area contributed by atoms with Gasteiger partial charge in [0, 0.05) is 31.1 Å². The van der Waals surface area contributed by atoms with Gasteiger partial charge in [-0.25, -0.2) is 0 Å². The highest BCUT2D eigenvalue weighted by Gasteiger charge is 2.24. The van der Waals surface area contributed by atoms with Gasteiger partial charge in [0.2, 0.25) is 5.91 Å². The maximum absolute atomic E-state index is 12.6. The highest BCUT2D eigenvalue weighted by atomic mass is 35.5. The summed E-state index contributed by atoms with van der Waals surface area (Å²) in [4.78, 5) is 26.1. The second kappa shape index (κ2) is 9.39. The van der Waals surface area contributed by atoms with Crippen molar-refractivity contribution in [3.05, 3.63) is 59.7 Å². The molecule has 2 amide bonds. The van der Waals surface area contributed by atoms with E-state index in [4.69, 9.17) is 11.5 Å². The van der Waals surface area contributed by atoms with Crippen LogP contribution in [0.1, 0.15) is 28.8 Å². The molecule has 2 aromatic rings. The third kappa shape index (κ3) is 4.99. The third-order valence-corrected chi connectivity index (χ3v) is 4.84. The number of anilines is 2. The maximum Gasteiger partial charge on any atom is 0.255 e. The monoisotopic (exact) mass is 388 g/mol. The van der Waals surface area contributed by atoms with Crippen LogP contribution in [0.5, 0.6) is 0 Å². The predicted molar refractivity (Wildman–Crippen MR) is 110 cm³/mol. The smallest absolute Gasteiger partial charge is 0.255 e. The number of hydrogen-bond donors (Lipinski definition) is 3. The van der Waals surface area contributed by atoms with Gasteiger partial charge in [-0.1, -0.05) is 24.3 Å². The Labute approximate surface area is 165 Å². The molecule has 1 fully saturated rings. The van der Waals surface area contributed by atoms with Crippen molar-refractivity contribution in [1.29, 1.82) is 0 Å². The van der Waals surface area contributed by atoms with Gasteiger partial charge in [0.05, 0.1) is 11.4 Å². The van der Waals surface area contributed by atoms with Gasteiger partial charge in [0.1, 0.15) is 0 Å². The lowest BCUT2D eigenvalue weighted by Gasteiger charge is -2.33. The van der Waals surface area contributed by atoms with Crippen molar-refractivity contribution in [1.82, 2.24) is 0 Å². The molecule has 5 N–H and O–H groups in total. The molecule has 27 heavy (non-hydrogen) atoms. The SMILES string of the molecule is Cl.NCc1ccc(C(=O)Nc2ccccc2N2CCC(C(N)=O)CC2)cc1. The number of para-hydroxylation sites is 2. The first-order valence-corrected chi connectivity index (χ1v) is 8.82. The van der Waals surface area contributed by atoms with Gasteiger partial charge >= 0.3 is 0 Å². The molecule has 1 aliphatic heterocycles. The van der Waals surface area contributed by atoms with Crippen LogP contribution in [0.15, 0.2) is 48.5 Å². The average molecular weight is 389 g/mol. The van der Waals surface area contributed by atoms with Crippen LogP contribution in [0.3, 0.4) is 0 Å². The summed E-state index contributed by atoms with van der Waals surface area (Å²) in [6.07, 6.45) is 1.47. The van der Waals surface area contributed by atoms with Gasteiger partial charge in [-0.05, 0) is 42.7 Å². The number of rotatable bonds is 5. The van der Waals surface area contributed by atoms with Gasteiger partial charge in [0.25, 0.3) is 5.91 Å². The molecule has 3 rings (SSSR count). The number of carbonyl (C=O) groups excluding carboxylic acids is 2. The first-order valence-electron chi connectivity index (χ1n) is 8.82. The summed E-state index contributed by atoms with van der Waals surface area (Å²) in [5.74, 6) is -0.450. The van der Waals surface area contributed by atoms with E-state index in [1.807, 2.05) is 36.4 Å². The Hall–Kier alpha value is -2.57. The van der Waals surface area contributed by atoms with E-state index in [9.17, 15) is 9.59 Å². The lowest BCUT2D eigenvalue weighted by Crippen LogP contribution is -2.38. The second-order valence-corrected chi connectivity index (χ2v) is 6.54. The number of halogens is 1. The fourth-order valence-electron chi connectivity index (χ4n) is 3.25. The second-order valence-electron chi connectivity index (χ2n) is 6.54. The van der Waals surface area contributed by atoms with Gasteiger partial charge in [-0.15, -0.1) is 12.4 Å². The number of nitrogens with zero attached hydrogens (tertiary/aromatic N) is 1. The van der Waals surface area contributed by atoms with Crippen molar-refractivity contribution in [2.45, 2.75) is 19.4 Å². The minimum absolute atomic E-state index is 0. The molecule has 0 saturated carbocycles. The molecule has 0 radical (unpaired) electrons. The molecule has 0 aromatic heterocycles. The molecule has 2 aromatic carbocycles. The molecule has 0 atom stereocenters. The minimum Gasteiger partial charge on any atom is -0.370 e. The van der Waals surface area contributed by atoms with E-state index in [1.165, 1.54) is 0 Å². The predicted octanol–water partition coefficient (Wildman–Crippen LogP) is 2.52. The fraction of sp³-hybridized carbons (Fsp3) is 0.300. The van der Waals surface area contributed by atoms with E-state index in [2.05, 4.69) is 10.2 Å². The van der Waals surface area contributed by atoms with Crippen LogP contribution < -0.4 is 21.7 Å². The fourth-order valence-corrected chi connectivity index (χ4v) is 3.25. The topological polar surface area (TPSA) is 101 Å². The molecule has 0 aliphatic carbocycles. The largest absolute Gasteiger partial charge is 0.370 e. The highest BCUT2D eigenvalue weighted by molar-refractivity contribution is 6.06. The van der Waals surface area contributed by atoms with E-state index in [1.54, 1.807) is 12.1 Å². The Kier molecular flexibility index (Phi) is 7.21. The Bertz CT molecular complexity index is 787. The molecular formula is C20H25ClN4O2. The summed E-state index contributed by atoms with van der Waals surface area (Å²) < 4.78 is 0. The molecule has 144 valence electrons. The molecule has 6 nitrogen and oxygen atoms in total. The lowest BCUT2D eigenvalue weighted by molar-refractivity contribution is -0.122. The summed E-state index contributed by atoms with van der Waals surface area (Å²) in [5.41, 5.74) is 14.3. The summed E-state index contributed by atoms with van der Waals surface area (Å²) >= 11 is 0. The normalized spacial score (nSPS) is 14.3. The van der Waals surface area contributed by atoms with Crippen LogP contribution in [0, 0.1) is 5.92 Å².